The number of rotatable bonds is 4. The van der Waals surface area contributed by atoms with Gasteiger partial charge in [0.05, 0.1) is 5.56 Å². The molecule has 108 valence electrons. The number of hydrogen-bond donors (Lipinski definition) is 1. The lowest BCUT2D eigenvalue weighted by molar-refractivity contribution is 0.461. The number of nitrogens with one attached hydrogen (secondary N) is 1. The first-order valence-corrected chi connectivity index (χ1v) is 6.71. The average molecular weight is 284 g/mol. The molecule has 1 atom stereocenters. The Kier molecular flexibility index (Phi) is 4.56. The summed E-state index contributed by atoms with van der Waals surface area (Å²) in [6, 6.07) is 12.1. The first-order valence-electron chi connectivity index (χ1n) is 6.71. The maximum atomic E-state index is 13.8. The van der Waals surface area contributed by atoms with E-state index < -0.39 is 0 Å². The molecule has 1 unspecified atom stereocenters. The molecule has 0 saturated carbocycles. The molecule has 3 nitrogen and oxygen atoms in total. The Morgan fingerprint density at radius 3 is 2.62 bits per heavy atom. The van der Waals surface area contributed by atoms with E-state index in [2.05, 4.69) is 11.4 Å². The zero-order valence-corrected chi connectivity index (χ0v) is 12.3. The van der Waals surface area contributed by atoms with E-state index in [1.165, 1.54) is 6.07 Å². The van der Waals surface area contributed by atoms with Crippen LogP contribution in [0.2, 0.25) is 0 Å². The van der Waals surface area contributed by atoms with Crippen LogP contribution in [0.1, 0.15) is 29.7 Å². The smallest absolute Gasteiger partial charge is 0.145 e. The van der Waals surface area contributed by atoms with Crippen LogP contribution >= 0.6 is 0 Å². The van der Waals surface area contributed by atoms with Crippen molar-refractivity contribution >= 4 is 0 Å². The largest absolute Gasteiger partial charge is 0.456 e. The highest BCUT2D eigenvalue weighted by Crippen LogP contribution is 2.33. The quantitative estimate of drug-likeness (QED) is 0.920. The van der Waals surface area contributed by atoms with Crippen LogP contribution in [0.15, 0.2) is 36.4 Å². The number of hydrogen-bond acceptors (Lipinski definition) is 3. The summed E-state index contributed by atoms with van der Waals surface area (Å²) in [6.45, 7) is 3.61. The number of para-hydroxylation sites is 1. The van der Waals surface area contributed by atoms with Gasteiger partial charge in [0, 0.05) is 11.6 Å². The first kappa shape index (κ1) is 15.0. The monoisotopic (exact) mass is 284 g/mol. The molecule has 0 aromatic heterocycles. The van der Waals surface area contributed by atoms with Crippen LogP contribution in [-0.2, 0) is 0 Å². The van der Waals surface area contributed by atoms with Crippen molar-refractivity contribution in [3.63, 3.8) is 0 Å². The van der Waals surface area contributed by atoms with Crippen LogP contribution in [0.25, 0.3) is 0 Å². The molecule has 21 heavy (non-hydrogen) atoms. The molecular weight excluding hydrogens is 267 g/mol. The fourth-order valence-corrected chi connectivity index (χ4v) is 2.02. The van der Waals surface area contributed by atoms with Gasteiger partial charge in [0.25, 0.3) is 0 Å². The SMILES string of the molecule is CNC(C)c1cc(F)c(C)cc1Oc1ccccc1C#N. The van der Waals surface area contributed by atoms with Crippen molar-refractivity contribution in [2.75, 3.05) is 7.05 Å². The minimum Gasteiger partial charge on any atom is -0.456 e. The second kappa shape index (κ2) is 6.38. The number of halogens is 1. The van der Waals surface area contributed by atoms with Crippen LogP contribution in [0.5, 0.6) is 11.5 Å². The average Bonchev–Trinajstić information content (AvgIpc) is 2.50. The summed E-state index contributed by atoms with van der Waals surface area (Å²) < 4.78 is 19.7. The predicted octanol–water partition coefficient (Wildman–Crippen LogP) is 4.08. The molecular formula is C17H17FN2O. The lowest BCUT2D eigenvalue weighted by Gasteiger charge is -2.18. The third kappa shape index (κ3) is 3.21. The number of benzene rings is 2. The maximum Gasteiger partial charge on any atom is 0.145 e. The molecule has 0 amide bonds. The molecule has 2 aromatic carbocycles. The van der Waals surface area contributed by atoms with E-state index in [0.29, 0.717) is 28.2 Å². The molecule has 0 spiro atoms. The Morgan fingerprint density at radius 2 is 1.95 bits per heavy atom. The van der Waals surface area contributed by atoms with E-state index in [0.717, 1.165) is 0 Å². The zero-order valence-electron chi connectivity index (χ0n) is 12.3. The van der Waals surface area contributed by atoms with E-state index in [-0.39, 0.29) is 11.9 Å². The van der Waals surface area contributed by atoms with Gasteiger partial charge in [-0.05, 0) is 50.7 Å². The standard InChI is InChI=1S/C17H17FN2O/c1-11-8-17(14(9-15(11)18)12(2)20-3)21-16-7-5-4-6-13(16)10-19/h4-9,12,20H,1-3H3. The van der Waals surface area contributed by atoms with Crippen molar-refractivity contribution in [1.82, 2.24) is 5.32 Å². The third-order valence-electron chi connectivity index (χ3n) is 3.42. The Morgan fingerprint density at radius 1 is 1.24 bits per heavy atom. The van der Waals surface area contributed by atoms with Gasteiger partial charge in [-0.25, -0.2) is 4.39 Å². The van der Waals surface area contributed by atoms with Crippen molar-refractivity contribution in [3.8, 4) is 17.6 Å². The molecule has 0 saturated heterocycles. The summed E-state index contributed by atoms with van der Waals surface area (Å²) in [4.78, 5) is 0. The minimum atomic E-state index is -0.270. The molecule has 0 bridgehead atoms. The van der Waals surface area contributed by atoms with E-state index in [4.69, 9.17) is 10.00 Å². The molecule has 0 radical (unpaired) electrons. The van der Waals surface area contributed by atoms with Crippen molar-refractivity contribution in [2.24, 2.45) is 0 Å². The van der Waals surface area contributed by atoms with E-state index in [1.807, 2.05) is 6.92 Å². The summed E-state index contributed by atoms with van der Waals surface area (Å²) >= 11 is 0. The normalized spacial score (nSPS) is 11.8. The van der Waals surface area contributed by atoms with Gasteiger partial charge < -0.3 is 10.1 Å². The van der Waals surface area contributed by atoms with Gasteiger partial charge in [-0.1, -0.05) is 12.1 Å². The Hall–Kier alpha value is -2.38. The summed E-state index contributed by atoms with van der Waals surface area (Å²) in [5.41, 5.74) is 1.67. The molecule has 1 N–H and O–H groups in total. The Balaban J connectivity index is 2.48. The highest BCUT2D eigenvalue weighted by molar-refractivity contribution is 5.48. The molecule has 0 heterocycles. The van der Waals surface area contributed by atoms with E-state index in [1.54, 1.807) is 44.3 Å². The molecule has 0 aliphatic heterocycles. The summed E-state index contributed by atoms with van der Waals surface area (Å²) in [6.07, 6.45) is 0. The van der Waals surface area contributed by atoms with Gasteiger partial charge in [-0.15, -0.1) is 0 Å². The van der Waals surface area contributed by atoms with Crippen molar-refractivity contribution < 1.29 is 9.13 Å². The van der Waals surface area contributed by atoms with Gasteiger partial charge in [0.1, 0.15) is 23.4 Å². The van der Waals surface area contributed by atoms with Gasteiger partial charge >= 0.3 is 0 Å². The lowest BCUT2D eigenvalue weighted by atomic mass is 10.0. The van der Waals surface area contributed by atoms with Crippen molar-refractivity contribution in [1.29, 1.82) is 5.26 Å². The third-order valence-corrected chi connectivity index (χ3v) is 3.42. The van der Waals surface area contributed by atoms with Gasteiger partial charge in [0.2, 0.25) is 0 Å². The maximum absolute atomic E-state index is 13.8. The topological polar surface area (TPSA) is 45.0 Å². The van der Waals surface area contributed by atoms with Gasteiger partial charge in [-0.2, -0.15) is 5.26 Å². The Bertz CT molecular complexity index is 692. The van der Waals surface area contributed by atoms with Gasteiger partial charge in [0.15, 0.2) is 0 Å². The van der Waals surface area contributed by atoms with Crippen LogP contribution in [0.4, 0.5) is 4.39 Å². The highest BCUT2D eigenvalue weighted by atomic mass is 19.1. The second-order valence-corrected chi connectivity index (χ2v) is 4.86. The van der Waals surface area contributed by atoms with Crippen LogP contribution in [0.3, 0.4) is 0 Å². The number of ether oxygens (including phenoxy) is 1. The minimum absolute atomic E-state index is 0.0654. The number of aryl methyl sites for hydroxylation is 1. The highest BCUT2D eigenvalue weighted by Gasteiger charge is 2.15. The fourth-order valence-electron chi connectivity index (χ4n) is 2.02. The predicted molar refractivity (Wildman–Crippen MR) is 79.8 cm³/mol. The van der Waals surface area contributed by atoms with Gasteiger partial charge in [-0.3, -0.25) is 0 Å². The fraction of sp³-hybridized carbons (Fsp3) is 0.235. The Labute approximate surface area is 124 Å². The van der Waals surface area contributed by atoms with Crippen molar-refractivity contribution in [2.45, 2.75) is 19.9 Å². The van der Waals surface area contributed by atoms with E-state index >= 15 is 0 Å². The zero-order chi connectivity index (χ0) is 15.4. The number of nitriles is 1. The lowest BCUT2D eigenvalue weighted by Crippen LogP contribution is -2.14. The van der Waals surface area contributed by atoms with E-state index in [9.17, 15) is 4.39 Å². The first-order chi connectivity index (χ1) is 10.1. The van der Waals surface area contributed by atoms with Crippen LogP contribution in [-0.4, -0.2) is 7.05 Å². The number of nitrogens with zero attached hydrogens (tertiary/aromatic N) is 1. The molecule has 0 aliphatic rings. The molecule has 4 heteroatoms. The second-order valence-electron chi connectivity index (χ2n) is 4.86. The molecule has 2 rings (SSSR count). The summed E-state index contributed by atoms with van der Waals surface area (Å²) in [7, 11) is 1.80. The van der Waals surface area contributed by atoms with Crippen LogP contribution < -0.4 is 10.1 Å². The molecule has 0 fully saturated rings. The van der Waals surface area contributed by atoms with Crippen LogP contribution in [0, 0.1) is 24.1 Å². The molecule has 0 aliphatic carbocycles. The molecule has 2 aromatic rings. The van der Waals surface area contributed by atoms with Crippen molar-refractivity contribution in [3.05, 3.63) is 58.9 Å². The summed E-state index contributed by atoms with van der Waals surface area (Å²) in [5, 5.41) is 12.2. The summed E-state index contributed by atoms with van der Waals surface area (Å²) in [5.74, 6) is 0.752.